The number of piperidine rings is 1. The molecule has 2 atom stereocenters. The van der Waals surface area contributed by atoms with Crippen molar-refractivity contribution in [3.63, 3.8) is 0 Å². The Bertz CT molecular complexity index is 368. The molecule has 2 unspecified atom stereocenters. The van der Waals surface area contributed by atoms with Crippen molar-refractivity contribution < 1.29 is 4.74 Å². The van der Waals surface area contributed by atoms with Gasteiger partial charge in [-0.2, -0.15) is 0 Å². The molecular formula is C15H26N2OS. The number of thiophene rings is 1. The van der Waals surface area contributed by atoms with Crippen molar-refractivity contribution in [3.05, 3.63) is 22.4 Å². The molecule has 4 heteroatoms. The summed E-state index contributed by atoms with van der Waals surface area (Å²) in [4.78, 5) is 3.93. The smallest absolute Gasteiger partial charge is 0.0777 e. The normalized spacial score (nSPS) is 26.5. The molecule has 1 saturated heterocycles. The van der Waals surface area contributed by atoms with Gasteiger partial charge in [0.25, 0.3) is 0 Å². The maximum atomic E-state index is 5.63. The van der Waals surface area contributed by atoms with E-state index < -0.39 is 0 Å². The second-order valence-corrected chi connectivity index (χ2v) is 6.70. The molecule has 1 aromatic rings. The van der Waals surface area contributed by atoms with Crippen molar-refractivity contribution in [1.82, 2.24) is 10.2 Å². The first kappa shape index (κ1) is 15.0. The van der Waals surface area contributed by atoms with E-state index in [-0.39, 0.29) is 5.60 Å². The number of likely N-dealkylation sites (tertiary alicyclic amines) is 1. The van der Waals surface area contributed by atoms with Crippen LogP contribution in [-0.2, 0) is 4.74 Å². The van der Waals surface area contributed by atoms with Gasteiger partial charge in [-0.05, 0) is 44.7 Å². The van der Waals surface area contributed by atoms with E-state index in [4.69, 9.17) is 4.74 Å². The lowest BCUT2D eigenvalue weighted by Crippen LogP contribution is -2.49. The van der Waals surface area contributed by atoms with Gasteiger partial charge in [0.1, 0.15) is 0 Å². The average Bonchev–Trinajstić information content (AvgIpc) is 2.93. The summed E-state index contributed by atoms with van der Waals surface area (Å²) < 4.78 is 5.63. The minimum Gasteiger partial charge on any atom is -0.377 e. The Morgan fingerprint density at radius 3 is 3.11 bits per heavy atom. The monoisotopic (exact) mass is 282 g/mol. The molecule has 1 aliphatic heterocycles. The Hall–Kier alpha value is -0.420. The number of hydrogen-bond donors (Lipinski definition) is 1. The average molecular weight is 282 g/mol. The summed E-state index contributed by atoms with van der Waals surface area (Å²) in [6, 6.07) is 4.77. The first-order valence-electron chi connectivity index (χ1n) is 7.17. The molecule has 1 fully saturated rings. The van der Waals surface area contributed by atoms with Crippen LogP contribution in [0.15, 0.2) is 17.5 Å². The molecule has 0 aliphatic carbocycles. The van der Waals surface area contributed by atoms with Gasteiger partial charge in [-0.25, -0.2) is 0 Å². The molecule has 0 bridgehead atoms. The molecule has 108 valence electrons. The van der Waals surface area contributed by atoms with Crippen LogP contribution in [0, 0.1) is 0 Å². The van der Waals surface area contributed by atoms with E-state index in [1.54, 1.807) is 0 Å². The molecule has 0 aromatic carbocycles. The largest absolute Gasteiger partial charge is 0.377 e. The summed E-state index contributed by atoms with van der Waals surface area (Å²) in [5, 5.41) is 5.75. The summed E-state index contributed by atoms with van der Waals surface area (Å²) in [5.41, 5.74) is 0.0532. The summed E-state index contributed by atoms with van der Waals surface area (Å²) >= 11 is 1.82. The highest BCUT2D eigenvalue weighted by atomic mass is 32.1. The van der Waals surface area contributed by atoms with Gasteiger partial charge in [0.05, 0.1) is 5.60 Å². The summed E-state index contributed by atoms with van der Waals surface area (Å²) in [7, 11) is 1.83. The van der Waals surface area contributed by atoms with E-state index >= 15 is 0 Å². The Balaban J connectivity index is 1.71. The first-order valence-corrected chi connectivity index (χ1v) is 8.05. The van der Waals surface area contributed by atoms with E-state index in [0.717, 1.165) is 19.6 Å². The second kappa shape index (κ2) is 6.84. The number of nitrogens with one attached hydrogen (secondary N) is 1. The number of ether oxygens (including phenoxy) is 1. The molecule has 1 aliphatic rings. The fourth-order valence-corrected chi connectivity index (χ4v) is 3.50. The fourth-order valence-electron chi connectivity index (χ4n) is 2.74. The number of nitrogens with zero attached hydrogens (tertiary/aromatic N) is 1. The van der Waals surface area contributed by atoms with Crippen molar-refractivity contribution >= 4 is 11.3 Å². The van der Waals surface area contributed by atoms with Crippen LogP contribution >= 0.6 is 11.3 Å². The van der Waals surface area contributed by atoms with Gasteiger partial charge in [-0.3, -0.25) is 4.90 Å². The third-order valence-electron chi connectivity index (χ3n) is 4.08. The molecule has 0 radical (unpaired) electrons. The molecule has 2 rings (SSSR count). The maximum Gasteiger partial charge on any atom is 0.0777 e. The van der Waals surface area contributed by atoms with E-state index in [1.807, 2.05) is 18.4 Å². The highest BCUT2D eigenvalue weighted by molar-refractivity contribution is 7.10. The minimum atomic E-state index is 0.0532. The Kier molecular flexibility index (Phi) is 5.39. The second-order valence-electron chi connectivity index (χ2n) is 5.72. The SMILES string of the molecule is COC1(C)CCCN(CCNC(C)c2cccs2)C1. The zero-order valence-electron chi connectivity index (χ0n) is 12.3. The molecule has 3 nitrogen and oxygen atoms in total. The van der Waals surface area contributed by atoms with Crippen LogP contribution in [0.2, 0.25) is 0 Å². The van der Waals surface area contributed by atoms with Crippen molar-refractivity contribution in [2.75, 3.05) is 33.3 Å². The van der Waals surface area contributed by atoms with Gasteiger partial charge >= 0.3 is 0 Å². The van der Waals surface area contributed by atoms with Crippen molar-refractivity contribution in [2.24, 2.45) is 0 Å². The molecule has 2 heterocycles. The van der Waals surface area contributed by atoms with Gasteiger partial charge < -0.3 is 10.1 Å². The Morgan fingerprint density at radius 1 is 1.58 bits per heavy atom. The lowest BCUT2D eigenvalue weighted by Gasteiger charge is -2.39. The predicted molar refractivity (Wildman–Crippen MR) is 81.8 cm³/mol. The zero-order valence-corrected chi connectivity index (χ0v) is 13.1. The van der Waals surface area contributed by atoms with Crippen LogP contribution in [0.5, 0.6) is 0 Å². The predicted octanol–water partition coefficient (Wildman–Crippen LogP) is 2.90. The fraction of sp³-hybridized carbons (Fsp3) is 0.733. The number of hydrogen-bond acceptors (Lipinski definition) is 4. The van der Waals surface area contributed by atoms with Gasteiger partial charge in [-0.1, -0.05) is 6.07 Å². The standard InChI is InChI=1S/C15H26N2OS/c1-13(14-6-4-11-19-14)16-8-10-17-9-5-7-15(2,12-17)18-3/h4,6,11,13,16H,5,7-10,12H2,1-3H3. The van der Waals surface area contributed by atoms with Crippen LogP contribution in [0.3, 0.4) is 0 Å². The lowest BCUT2D eigenvalue weighted by atomic mass is 9.95. The minimum absolute atomic E-state index is 0.0532. The van der Waals surface area contributed by atoms with Gasteiger partial charge in [0.15, 0.2) is 0 Å². The highest BCUT2D eigenvalue weighted by Gasteiger charge is 2.30. The summed E-state index contributed by atoms with van der Waals surface area (Å²) in [6.45, 7) is 8.86. The third kappa shape index (κ3) is 4.28. The number of rotatable bonds is 6. The Morgan fingerprint density at radius 2 is 2.42 bits per heavy atom. The zero-order chi connectivity index (χ0) is 13.7. The molecule has 0 amide bonds. The topological polar surface area (TPSA) is 24.5 Å². The van der Waals surface area contributed by atoms with Crippen LogP contribution in [0.4, 0.5) is 0 Å². The molecule has 1 N–H and O–H groups in total. The molecule has 0 saturated carbocycles. The highest BCUT2D eigenvalue weighted by Crippen LogP contribution is 2.23. The Labute approximate surface area is 121 Å². The van der Waals surface area contributed by atoms with E-state index in [0.29, 0.717) is 6.04 Å². The van der Waals surface area contributed by atoms with Crippen LogP contribution in [0.25, 0.3) is 0 Å². The van der Waals surface area contributed by atoms with Crippen molar-refractivity contribution in [2.45, 2.75) is 38.3 Å². The van der Waals surface area contributed by atoms with Crippen molar-refractivity contribution in [1.29, 1.82) is 0 Å². The van der Waals surface area contributed by atoms with Gasteiger partial charge in [0, 0.05) is 37.7 Å². The van der Waals surface area contributed by atoms with E-state index in [9.17, 15) is 0 Å². The molecule has 1 aromatic heterocycles. The summed E-state index contributed by atoms with van der Waals surface area (Å²) in [6.07, 6.45) is 2.42. The lowest BCUT2D eigenvalue weighted by molar-refractivity contribution is -0.0502. The van der Waals surface area contributed by atoms with E-state index in [2.05, 4.69) is 41.6 Å². The molecule has 19 heavy (non-hydrogen) atoms. The van der Waals surface area contributed by atoms with Crippen LogP contribution in [0.1, 0.15) is 37.6 Å². The molecule has 0 spiro atoms. The van der Waals surface area contributed by atoms with Gasteiger partial charge in [0.2, 0.25) is 0 Å². The quantitative estimate of drug-likeness (QED) is 0.868. The molecular weight excluding hydrogens is 256 g/mol. The van der Waals surface area contributed by atoms with Gasteiger partial charge in [-0.15, -0.1) is 11.3 Å². The maximum absolute atomic E-state index is 5.63. The third-order valence-corrected chi connectivity index (χ3v) is 5.13. The van der Waals surface area contributed by atoms with Crippen LogP contribution < -0.4 is 5.32 Å². The summed E-state index contributed by atoms with van der Waals surface area (Å²) in [5.74, 6) is 0. The van der Waals surface area contributed by atoms with Crippen LogP contribution in [-0.4, -0.2) is 43.8 Å². The number of methoxy groups -OCH3 is 1. The van der Waals surface area contributed by atoms with E-state index in [1.165, 1.54) is 24.3 Å². The first-order chi connectivity index (χ1) is 9.13. The van der Waals surface area contributed by atoms with Crippen molar-refractivity contribution in [3.8, 4) is 0 Å².